The maximum atomic E-state index is 10.5. The van der Waals surface area contributed by atoms with Crippen molar-refractivity contribution in [2.75, 3.05) is 20.3 Å². The Kier molecular flexibility index (Phi) is 3.49. The van der Waals surface area contributed by atoms with Crippen LogP contribution in [0, 0.1) is 0 Å². The van der Waals surface area contributed by atoms with E-state index in [0.29, 0.717) is 26.1 Å². The molecule has 1 heterocycles. The van der Waals surface area contributed by atoms with Crippen LogP contribution in [0.5, 0.6) is 0 Å². The lowest BCUT2D eigenvalue weighted by atomic mass is 9.90. The summed E-state index contributed by atoms with van der Waals surface area (Å²) in [6, 6.07) is 0. The molecule has 0 amide bonds. The Bertz CT molecular complexity index is 243. The molecule has 1 saturated heterocycles. The number of rotatable bonds is 3. The summed E-state index contributed by atoms with van der Waals surface area (Å²) in [5.41, 5.74) is 5.30. The van der Waals surface area contributed by atoms with Gasteiger partial charge in [-0.05, 0) is 0 Å². The maximum absolute atomic E-state index is 10.5. The average molecular weight is 201 g/mol. The van der Waals surface area contributed by atoms with Crippen molar-refractivity contribution in [1.29, 1.82) is 0 Å². The molecule has 5 heteroatoms. The lowest BCUT2D eigenvalue weighted by molar-refractivity contribution is -0.131. The molecule has 0 spiro atoms. The third-order valence-corrected chi connectivity index (χ3v) is 2.50. The van der Waals surface area contributed by atoms with Gasteiger partial charge in [0.05, 0.1) is 0 Å². The molecule has 1 fully saturated rings. The highest BCUT2D eigenvalue weighted by atomic mass is 16.5. The lowest BCUT2D eigenvalue weighted by Crippen LogP contribution is -2.43. The molecule has 0 bridgehead atoms. The van der Waals surface area contributed by atoms with Crippen molar-refractivity contribution in [3.05, 3.63) is 11.8 Å². The summed E-state index contributed by atoms with van der Waals surface area (Å²) >= 11 is 0. The van der Waals surface area contributed by atoms with Gasteiger partial charge < -0.3 is 20.3 Å². The second-order valence-electron chi connectivity index (χ2n) is 3.25. The first-order chi connectivity index (χ1) is 6.60. The first kappa shape index (κ1) is 11.0. The lowest BCUT2D eigenvalue weighted by Gasteiger charge is -2.36. The summed E-state index contributed by atoms with van der Waals surface area (Å²) in [6.07, 6.45) is 2.19. The van der Waals surface area contributed by atoms with Gasteiger partial charge in [0.25, 0.3) is 0 Å². The minimum Gasteiger partial charge on any atom is -0.478 e. The molecule has 1 aliphatic rings. The molecule has 14 heavy (non-hydrogen) atoms. The van der Waals surface area contributed by atoms with Gasteiger partial charge in [0.1, 0.15) is 5.60 Å². The zero-order chi connectivity index (χ0) is 10.6. The van der Waals surface area contributed by atoms with E-state index < -0.39 is 11.6 Å². The number of ether oxygens (including phenoxy) is 2. The van der Waals surface area contributed by atoms with Crippen LogP contribution in [0.3, 0.4) is 0 Å². The molecule has 1 rings (SSSR count). The van der Waals surface area contributed by atoms with Gasteiger partial charge in [0.15, 0.2) is 0 Å². The van der Waals surface area contributed by atoms with E-state index >= 15 is 0 Å². The van der Waals surface area contributed by atoms with Crippen LogP contribution >= 0.6 is 0 Å². The van der Waals surface area contributed by atoms with Crippen LogP contribution < -0.4 is 5.73 Å². The van der Waals surface area contributed by atoms with Gasteiger partial charge in [0, 0.05) is 44.9 Å². The standard InChI is InChI=1S/C9H15NO4/c1-13-9(2-4-14-5-3-9)7(10)6-8(11)12/h6H,2-5,10H2,1H3,(H,11,12)/b7-6+. The molecule has 0 aromatic carbocycles. The Balaban J connectivity index is 2.82. The summed E-state index contributed by atoms with van der Waals surface area (Å²) in [5.74, 6) is -1.05. The van der Waals surface area contributed by atoms with Crippen LogP contribution in [0.25, 0.3) is 0 Å². The molecule has 0 aromatic heterocycles. The van der Waals surface area contributed by atoms with Gasteiger partial charge in [-0.15, -0.1) is 0 Å². The van der Waals surface area contributed by atoms with Crippen LogP contribution in [0.2, 0.25) is 0 Å². The molecule has 0 aromatic rings. The predicted molar refractivity (Wildman–Crippen MR) is 49.7 cm³/mol. The summed E-state index contributed by atoms with van der Waals surface area (Å²) < 4.78 is 10.5. The number of carbonyl (C=O) groups is 1. The molecule has 3 N–H and O–H groups in total. The van der Waals surface area contributed by atoms with Crippen molar-refractivity contribution in [3.63, 3.8) is 0 Å². The highest BCUT2D eigenvalue weighted by Crippen LogP contribution is 2.29. The molecule has 80 valence electrons. The van der Waals surface area contributed by atoms with Crippen molar-refractivity contribution in [3.8, 4) is 0 Å². The van der Waals surface area contributed by atoms with Gasteiger partial charge in [-0.3, -0.25) is 0 Å². The summed E-state index contributed by atoms with van der Waals surface area (Å²) in [6.45, 7) is 1.09. The molecular formula is C9H15NO4. The second kappa shape index (κ2) is 4.43. The first-order valence-electron chi connectivity index (χ1n) is 4.44. The van der Waals surface area contributed by atoms with Crippen LogP contribution in [0.4, 0.5) is 0 Å². The minimum absolute atomic E-state index is 0.260. The normalized spacial score (nSPS) is 21.9. The van der Waals surface area contributed by atoms with Crippen molar-refractivity contribution >= 4 is 5.97 Å². The Morgan fingerprint density at radius 3 is 2.57 bits per heavy atom. The van der Waals surface area contributed by atoms with Gasteiger partial charge in [0.2, 0.25) is 0 Å². The zero-order valence-corrected chi connectivity index (χ0v) is 8.16. The van der Waals surface area contributed by atoms with Crippen molar-refractivity contribution < 1.29 is 19.4 Å². The quantitative estimate of drug-likeness (QED) is 0.633. The fourth-order valence-corrected chi connectivity index (χ4v) is 1.58. The summed E-state index contributed by atoms with van der Waals surface area (Å²) in [5, 5.41) is 8.58. The predicted octanol–water partition coefficient (Wildman–Crippen LogP) is 0.109. The van der Waals surface area contributed by atoms with E-state index in [2.05, 4.69) is 0 Å². The molecule has 0 saturated carbocycles. The third kappa shape index (κ3) is 2.24. The fraction of sp³-hybridized carbons (Fsp3) is 0.667. The fourth-order valence-electron chi connectivity index (χ4n) is 1.58. The third-order valence-electron chi connectivity index (χ3n) is 2.50. The van der Waals surface area contributed by atoms with E-state index in [0.717, 1.165) is 6.08 Å². The number of carboxylic acid groups (broad SMARTS) is 1. The van der Waals surface area contributed by atoms with Gasteiger partial charge in [-0.25, -0.2) is 4.79 Å². The maximum Gasteiger partial charge on any atom is 0.330 e. The SMILES string of the molecule is COC1(/C(N)=C\C(=O)O)CCOCC1. The molecule has 0 atom stereocenters. The average Bonchev–Trinajstić information content (AvgIpc) is 2.18. The number of carboxylic acids is 1. The zero-order valence-electron chi connectivity index (χ0n) is 8.16. The number of nitrogens with two attached hydrogens (primary N) is 1. The van der Waals surface area contributed by atoms with E-state index in [4.69, 9.17) is 20.3 Å². The molecule has 5 nitrogen and oxygen atoms in total. The van der Waals surface area contributed by atoms with Crippen molar-refractivity contribution in [2.45, 2.75) is 18.4 Å². The topological polar surface area (TPSA) is 81.8 Å². The van der Waals surface area contributed by atoms with Crippen LogP contribution in [-0.4, -0.2) is 37.0 Å². The minimum atomic E-state index is -1.05. The second-order valence-corrected chi connectivity index (χ2v) is 3.25. The van der Waals surface area contributed by atoms with E-state index in [1.807, 2.05) is 0 Å². The van der Waals surface area contributed by atoms with E-state index in [9.17, 15) is 4.79 Å². The van der Waals surface area contributed by atoms with E-state index in [1.54, 1.807) is 0 Å². The Labute approximate surface area is 82.5 Å². The van der Waals surface area contributed by atoms with E-state index in [-0.39, 0.29) is 5.70 Å². The number of aliphatic carboxylic acids is 1. The van der Waals surface area contributed by atoms with Crippen LogP contribution in [0.1, 0.15) is 12.8 Å². The van der Waals surface area contributed by atoms with Gasteiger partial charge in [-0.1, -0.05) is 0 Å². The highest BCUT2D eigenvalue weighted by Gasteiger charge is 2.35. The molecule has 0 unspecified atom stereocenters. The van der Waals surface area contributed by atoms with Crippen LogP contribution in [0.15, 0.2) is 11.8 Å². The number of hydrogen-bond donors (Lipinski definition) is 2. The largest absolute Gasteiger partial charge is 0.478 e. The number of methoxy groups -OCH3 is 1. The molecule has 0 aliphatic carbocycles. The Morgan fingerprint density at radius 2 is 2.14 bits per heavy atom. The van der Waals surface area contributed by atoms with Crippen LogP contribution in [-0.2, 0) is 14.3 Å². The molecular weight excluding hydrogens is 186 g/mol. The Hall–Kier alpha value is -1.07. The number of hydrogen-bond acceptors (Lipinski definition) is 4. The highest BCUT2D eigenvalue weighted by molar-refractivity contribution is 5.80. The smallest absolute Gasteiger partial charge is 0.330 e. The Morgan fingerprint density at radius 1 is 1.57 bits per heavy atom. The van der Waals surface area contributed by atoms with Crippen molar-refractivity contribution in [1.82, 2.24) is 0 Å². The molecule has 0 radical (unpaired) electrons. The van der Waals surface area contributed by atoms with Gasteiger partial charge in [-0.2, -0.15) is 0 Å². The summed E-state index contributed by atoms with van der Waals surface area (Å²) in [7, 11) is 1.54. The molecule has 1 aliphatic heterocycles. The van der Waals surface area contributed by atoms with Crippen molar-refractivity contribution in [2.24, 2.45) is 5.73 Å². The van der Waals surface area contributed by atoms with E-state index in [1.165, 1.54) is 7.11 Å². The summed E-state index contributed by atoms with van der Waals surface area (Å²) in [4.78, 5) is 10.5. The monoisotopic (exact) mass is 201 g/mol. The van der Waals surface area contributed by atoms with Gasteiger partial charge >= 0.3 is 5.97 Å². The first-order valence-corrected chi connectivity index (χ1v) is 4.44.